The molecule has 1 aliphatic rings. The predicted octanol–water partition coefficient (Wildman–Crippen LogP) is 2.79. The minimum atomic E-state index is -0.447. The summed E-state index contributed by atoms with van der Waals surface area (Å²) in [5, 5.41) is 0. The fourth-order valence-corrected chi connectivity index (χ4v) is 2.43. The first-order valence-electron chi connectivity index (χ1n) is 6.33. The van der Waals surface area contributed by atoms with Gasteiger partial charge in [-0.3, -0.25) is 9.59 Å². The number of ether oxygens (including phenoxy) is 1. The van der Waals surface area contributed by atoms with Crippen LogP contribution in [0.3, 0.4) is 0 Å². The number of carbonyl (C=O) groups excluding carboxylic acids is 2. The van der Waals surface area contributed by atoms with E-state index < -0.39 is 6.10 Å². The summed E-state index contributed by atoms with van der Waals surface area (Å²) in [6.45, 7) is 0. The molecule has 2 aromatic rings. The van der Waals surface area contributed by atoms with Gasteiger partial charge >= 0.3 is 0 Å². The first-order valence-corrected chi connectivity index (χ1v) is 6.33. The van der Waals surface area contributed by atoms with Crippen molar-refractivity contribution in [1.82, 2.24) is 0 Å². The third kappa shape index (κ3) is 1.95. The van der Waals surface area contributed by atoms with Crippen molar-refractivity contribution in [2.75, 3.05) is 5.73 Å². The van der Waals surface area contributed by atoms with Crippen molar-refractivity contribution in [2.24, 2.45) is 0 Å². The summed E-state index contributed by atoms with van der Waals surface area (Å²) in [7, 11) is 0. The van der Waals surface area contributed by atoms with Gasteiger partial charge in [0.05, 0.1) is 12.0 Å². The maximum atomic E-state index is 12.1. The van der Waals surface area contributed by atoms with Crippen LogP contribution in [0.5, 0.6) is 5.75 Å². The normalized spacial score (nSPS) is 17.2. The summed E-state index contributed by atoms with van der Waals surface area (Å²) < 4.78 is 5.85. The Kier molecular flexibility index (Phi) is 2.99. The summed E-state index contributed by atoms with van der Waals surface area (Å²) in [6, 6.07) is 12.3. The van der Waals surface area contributed by atoms with Crippen LogP contribution in [-0.2, 0) is 0 Å². The van der Waals surface area contributed by atoms with Crippen LogP contribution < -0.4 is 10.5 Å². The van der Waals surface area contributed by atoms with E-state index in [1.165, 1.54) is 0 Å². The van der Waals surface area contributed by atoms with Gasteiger partial charge in [-0.25, -0.2) is 0 Å². The molecule has 4 heteroatoms. The molecule has 2 aromatic carbocycles. The van der Waals surface area contributed by atoms with Gasteiger partial charge in [0.15, 0.2) is 12.1 Å². The molecule has 0 aliphatic carbocycles. The Morgan fingerprint density at radius 1 is 1.15 bits per heavy atom. The van der Waals surface area contributed by atoms with E-state index in [1.54, 1.807) is 30.3 Å². The molecule has 1 aliphatic heterocycles. The van der Waals surface area contributed by atoms with Gasteiger partial charge in [0.1, 0.15) is 11.9 Å². The maximum Gasteiger partial charge on any atom is 0.170 e. The Labute approximate surface area is 116 Å². The second-order valence-electron chi connectivity index (χ2n) is 4.70. The molecule has 4 nitrogen and oxygen atoms in total. The Hall–Kier alpha value is -2.62. The molecule has 0 saturated heterocycles. The molecule has 0 spiro atoms. The van der Waals surface area contributed by atoms with E-state index in [4.69, 9.17) is 10.5 Å². The molecule has 0 radical (unpaired) electrons. The predicted molar refractivity (Wildman–Crippen MR) is 75.0 cm³/mol. The van der Waals surface area contributed by atoms with Gasteiger partial charge < -0.3 is 10.5 Å². The SMILES string of the molecule is Nc1c(C=O)cccc1C1CC(=O)c2ccccc2O1. The molecule has 20 heavy (non-hydrogen) atoms. The zero-order valence-electron chi connectivity index (χ0n) is 10.7. The minimum Gasteiger partial charge on any atom is -0.484 e. The molecule has 1 heterocycles. The number of hydrogen-bond donors (Lipinski definition) is 1. The fourth-order valence-electron chi connectivity index (χ4n) is 2.43. The number of ketones is 1. The molecule has 100 valence electrons. The van der Waals surface area contributed by atoms with E-state index in [-0.39, 0.29) is 12.2 Å². The number of nitrogens with two attached hydrogens (primary N) is 1. The van der Waals surface area contributed by atoms with Crippen LogP contribution in [0.25, 0.3) is 0 Å². The lowest BCUT2D eigenvalue weighted by molar-refractivity contribution is 0.0851. The lowest BCUT2D eigenvalue weighted by Crippen LogP contribution is -2.21. The number of hydrogen-bond acceptors (Lipinski definition) is 4. The van der Waals surface area contributed by atoms with E-state index in [1.807, 2.05) is 12.1 Å². The molecule has 3 rings (SSSR count). The van der Waals surface area contributed by atoms with Crippen LogP contribution >= 0.6 is 0 Å². The highest BCUT2D eigenvalue weighted by Gasteiger charge is 2.28. The van der Waals surface area contributed by atoms with E-state index in [0.717, 1.165) is 0 Å². The highest BCUT2D eigenvalue weighted by molar-refractivity contribution is 6.00. The average Bonchev–Trinajstić information content (AvgIpc) is 2.47. The molecule has 0 bridgehead atoms. The molecule has 0 fully saturated rings. The van der Waals surface area contributed by atoms with Gasteiger partial charge in [-0.1, -0.05) is 24.3 Å². The Morgan fingerprint density at radius 3 is 2.75 bits per heavy atom. The third-order valence-corrected chi connectivity index (χ3v) is 3.47. The number of anilines is 1. The first kappa shape index (κ1) is 12.4. The number of para-hydroxylation sites is 2. The van der Waals surface area contributed by atoms with Crippen LogP contribution in [-0.4, -0.2) is 12.1 Å². The highest BCUT2D eigenvalue weighted by Crippen LogP contribution is 2.37. The summed E-state index contributed by atoms with van der Waals surface area (Å²) in [6.07, 6.45) is 0.485. The maximum absolute atomic E-state index is 12.1. The van der Waals surface area contributed by atoms with Gasteiger partial charge in [0, 0.05) is 16.8 Å². The molecule has 0 aromatic heterocycles. The Bertz CT molecular complexity index is 694. The second kappa shape index (κ2) is 4.81. The number of nitrogen functional groups attached to an aromatic ring is 1. The fraction of sp³-hybridized carbons (Fsp3) is 0.125. The van der Waals surface area contributed by atoms with E-state index in [0.29, 0.717) is 34.4 Å². The largest absolute Gasteiger partial charge is 0.484 e. The number of benzene rings is 2. The van der Waals surface area contributed by atoms with Gasteiger partial charge in [-0.05, 0) is 18.2 Å². The van der Waals surface area contributed by atoms with Crippen molar-refractivity contribution < 1.29 is 14.3 Å². The summed E-state index contributed by atoms with van der Waals surface area (Å²) in [5.74, 6) is 0.581. The van der Waals surface area contributed by atoms with Crippen LogP contribution in [0.4, 0.5) is 5.69 Å². The standard InChI is InChI=1S/C16H13NO3/c17-16-10(9-18)4-3-6-12(16)15-8-13(19)11-5-1-2-7-14(11)20-15/h1-7,9,15H,8,17H2. The van der Waals surface area contributed by atoms with Crippen molar-refractivity contribution >= 4 is 17.8 Å². The van der Waals surface area contributed by atoms with Crippen molar-refractivity contribution in [2.45, 2.75) is 12.5 Å². The van der Waals surface area contributed by atoms with E-state index in [9.17, 15) is 9.59 Å². The van der Waals surface area contributed by atoms with Crippen molar-refractivity contribution in [3.63, 3.8) is 0 Å². The smallest absolute Gasteiger partial charge is 0.170 e. The van der Waals surface area contributed by atoms with Gasteiger partial charge in [-0.2, -0.15) is 0 Å². The van der Waals surface area contributed by atoms with Crippen molar-refractivity contribution in [3.05, 3.63) is 59.2 Å². The van der Waals surface area contributed by atoms with Gasteiger partial charge in [0.25, 0.3) is 0 Å². The van der Waals surface area contributed by atoms with Crippen molar-refractivity contribution in [3.8, 4) is 5.75 Å². The first-order chi connectivity index (χ1) is 9.70. The van der Waals surface area contributed by atoms with Crippen LogP contribution in [0.1, 0.15) is 38.8 Å². The van der Waals surface area contributed by atoms with Gasteiger partial charge in [0.2, 0.25) is 0 Å². The van der Waals surface area contributed by atoms with E-state index in [2.05, 4.69) is 0 Å². The number of rotatable bonds is 2. The third-order valence-electron chi connectivity index (χ3n) is 3.47. The number of Topliss-reactive ketones (excluding diaryl/α,β-unsaturated/α-hetero) is 1. The number of carbonyl (C=O) groups is 2. The molecular formula is C16H13NO3. The molecule has 0 amide bonds. The summed E-state index contributed by atoms with van der Waals surface area (Å²) in [4.78, 5) is 23.1. The van der Waals surface area contributed by atoms with Crippen molar-refractivity contribution in [1.29, 1.82) is 0 Å². The molecule has 0 saturated carbocycles. The summed E-state index contributed by atoms with van der Waals surface area (Å²) in [5.41, 5.74) is 8.03. The van der Waals surface area contributed by atoms with Crippen LogP contribution in [0.2, 0.25) is 0 Å². The minimum absolute atomic E-state index is 0.0211. The van der Waals surface area contributed by atoms with Gasteiger partial charge in [-0.15, -0.1) is 0 Å². The zero-order valence-corrected chi connectivity index (χ0v) is 10.7. The Balaban J connectivity index is 2.02. The summed E-state index contributed by atoms with van der Waals surface area (Å²) >= 11 is 0. The number of fused-ring (bicyclic) bond motifs is 1. The lowest BCUT2D eigenvalue weighted by atomic mass is 9.94. The average molecular weight is 267 g/mol. The Morgan fingerprint density at radius 2 is 1.95 bits per heavy atom. The van der Waals surface area contributed by atoms with Crippen LogP contribution in [0, 0.1) is 0 Å². The molecule has 1 atom stereocenters. The number of aldehydes is 1. The highest BCUT2D eigenvalue weighted by atomic mass is 16.5. The van der Waals surface area contributed by atoms with E-state index >= 15 is 0 Å². The monoisotopic (exact) mass is 267 g/mol. The molecular weight excluding hydrogens is 254 g/mol. The molecule has 2 N–H and O–H groups in total. The van der Waals surface area contributed by atoms with Crippen LogP contribution in [0.15, 0.2) is 42.5 Å². The topological polar surface area (TPSA) is 69.4 Å². The zero-order chi connectivity index (χ0) is 14.1. The lowest BCUT2D eigenvalue weighted by Gasteiger charge is -2.26. The second-order valence-corrected chi connectivity index (χ2v) is 4.70. The quantitative estimate of drug-likeness (QED) is 0.671. The molecule has 1 unspecified atom stereocenters.